The molecule has 0 saturated carbocycles. The van der Waals surface area contributed by atoms with Gasteiger partial charge in [0.1, 0.15) is 0 Å². The Hall–Kier alpha value is 3.76. The van der Waals surface area contributed by atoms with Crippen molar-refractivity contribution in [2.24, 2.45) is 0 Å². The van der Waals surface area contributed by atoms with Crippen LogP contribution in [0.2, 0.25) is 0 Å². The molecule has 0 aromatic carbocycles. The van der Waals surface area contributed by atoms with Gasteiger partial charge in [-0.3, -0.25) is 0 Å². The van der Waals surface area contributed by atoms with Crippen LogP contribution in [0.4, 0.5) is 0 Å². The van der Waals surface area contributed by atoms with Gasteiger partial charge in [0.15, 0.2) is 0 Å². The maximum atomic E-state index is 0. The van der Waals surface area contributed by atoms with E-state index in [2.05, 4.69) is 0 Å². The first-order valence-corrected chi connectivity index (χ1v) is 0. The van der Waals surface area contributed by atoms with E-state index in [1.807, 2.05) is 0 Å². The third kappa shape index (κ3) is 18.2. The molecule has 0 unspecified atom stereocenters. The molecular weight excluding hydrogens is 431 g/mol. The van der Waals surface area contributed by atoms with E-state index in [1.165, 1.54) is 0 Å². The predicted octanol–water partition coefficient (Wildman–Crippen LogP) is -1.03. The van der Waals surface area contributed by atoms with Crippen LogP contribution >= 0.6 is 13.5 Å². The predicted molar refractivity (Wildman–Crippen MR) is 27.6 cm³/mol. The molecule has 0 amide bonds. The van der Waals surface area contributed by atoms with E-state index in [9.17, 15) is 0 Å². The van der Waals surface area contributed by atoms with E-state index in [4.69, 9.17) is 0 Å². The van der Waals surface area contributed by atoms with Crippen molar-refractivity contribution in [1.29, 1.82) is 0 Å². The van der Waals surface area contributed by atoms with E-state index in [-0.39, 0.29) is 120 Å². The van der Waals surface area contributed by atoms with Gasteiger partial charge in [0.2, 0.25) is 0 Å². The minimum atomic E-state index is 0. The molecule has 0 spiro atoms. The molecule has 0 saturated heterocycles. The Kier molecular flexibility index (Phi) is 187. The van der Waals surface area contributed by atoms with Crippen LogP contribution in [-0.2, 0) is 17.1 Å². The van der Waals surface area contributed by atoms with Gasteiger partial charge in [-0.25, -0.2) is 0 Å². The second-order valence-electron chi connectivity index (χ2n) is 0. The van der Waals surface area contributed by atoms with E-state index in [1.54, 1.807) is 0 Å². The van der Waals surface area contributed by atoms with Crippen LogP contribution < -0.4 is 0 Å². The summed E-state index contributed by atoms with van der Waals surface area (Å²) in [5.41, 5.74) is 0. The zero-order valence-electron chi connectivity index (χ0n) is 2.42. The van der Waals surface area contributed by atoms with Crippen molar-refractivity contribution >= 4 is 103 Å². The number of rotatable bonds is 0. The van der Waals surface area contributed by atoms with Crippen molar-refractivity contribution in [3.8, 4) is 0 Å². The molecule has 0 aromatic rings. The molecule has 0 N–H and O–H groups in total. The summed E-state index contributed by atoms with van der Waals surface area (Å²) >= 11 is 0. The van der Waals surface area contributed by atoms with Crippen molar-refractivity contribution in [1.82, 2.24) is 0 Å². The van der Waals surface area contributed by atoms with Crippen LogP contribution in [0.15, 0.2) is 0 Å². The molecule has 0 aliphatic rings. The Balaban J connectivity index is 0. The molecule has 0 bridgehead atoms. The Labute approximate surface area is 117 Å². The Morgan fingerprint density at radius 2 is 1.00 bits per heavy atom. The van der Waals surface area contributed by atoms with Gasteiger partial charge in [0.05, 0.1) is 0 Å². The molecule has 0 aliphatic carbocycles. The van der Waals surface area contributed by atoms with E-state index >= 15 is 0 Å². The first-order chi connectivity index (χ1) is 0. The standard InChI is InChI=1S/Ba.Cu.H2S.Se.Sn/h;;1H2;;. The molecule has 0 heterocycles. The smallest absolute Gasteiger partial charge is 0 e. The van der Waals surface area contributed by atoms with Gasteiger partial charge in [-0.2, -0.15) is 13.5 Å². The summed E-state index contributed by atoms with van der Waals surface area (Å²) in [5, 5.41) is 0. The zero-order chi connectivity index (χ0) is 0. The number of hydrogen-bond acceptors (Lipinski definition) is 0. The molecule has 5 heteroatoms. The molecule has 0 atom stereocenters. The van der Waals surface area contributed by atoms with E-state index in [0.717, 1.165) is 0 Å². The second-order valence-corrected chi connectivity index (χ2v) is 0. The largest absolute Gasteiger partial charge is 0.197 e. The van der Waals surface area contributed by atoms with Crippen LogP contribution in [0.1, 0.15) is 0 Å². The minimum absolute atomic E-state index is 0. The molecular formula is H2BaCuSSeSn. The normalized spacial score (nSPS) is 0. The van der Waals surface area contributed by atoms with Gasteiger partial charge >= 0.3 is 0 Å². The molecule has 5 heavy (non-hydrogen) atoms. The van der Waals surface area contributed by atoms with Gasteiger partial charge < -0.3 is 0 Å². The fraction of sp³-hybridized carbons (Fsp3) is 0. The molecule has 0 aliphatic heterocycles. The molecule has 31 valence electrons. The third-order valence-electron chi connectivity index (χ3n) is 0. The van der Waals surface area contributed by atoms with Crippen molar-refractivity contribution in [2.75, 3.05) is 0 Å². The quantitative estimate of drug-likeness (QED) is 0.430. The molecule has 0 fully saturated rings. The summed E-state index contributed by atoms with van der Waals surface area (Å²) in [4.78, 5) is 0. The summed E-state index contributed by atoms with van der Waals surface area (Å²) in [5.74, 6) is 0. The van der Waals surface area contributed by atoms with Crippen LogP contribution in [-0.4, -0.2) is 89.9 Å². The van der Waals surface area contributed by atoms with E-state index in [0.29, 0.717) is 0 Å². The first-order valence-electron chi connectivity index (χ1n) is 0. The Morgan fingerprint density at radius 1 is 1.00 bits per heavy atom. The minimum Gasteiger partial charge on any atom is -0.197 e. The Morgan fingerprint density at radius 3 is 1.00 bits per heavy atom. The van der Waals surface area contributed by atoms with Crippen LogP contribution in [0.25, 0.3) is 0 Å². The molecule has 0 nitrogen and oxygen atoms in total. The Bertz CT molecular complexity index is 11.6. The zero-order valence-corrected chi connectivity index (χ0v) is 13.4. The van der Waals surface area contributed by atoms with Gasteiger partial charge in [-0.1, -0.05) is 0 Å². The average Bonchev–Trinajstić information content (AvgIpc) is 0. The summed E-state index contributed by atoms with van der Waals surface area (Å²) in [7, 11) is 0. The van der Waals surface area contributed by atoms with Gasteiger partial charge in [0, 0.05) is 107 Å². The van der Waals surface area contributed by atoms with Gasteiger partial charge in [0.25, 0.3) is 0 Å². The summed E-state index contributed by atoms with van der Waals surface area (Å²) in [6, 6.07) is 0. The van der Waals surface area contributed by atoms with E-state index < -0.39 is 0 Å². The molecule has 0 rings (SSSR count). The van der Waals surface area contributed by atoms with Crippen LogP contribution in [0.3, 0.4) is 0 Å². The fourth-order valence-corrected chi connectivity index (χ4v) is 0. The summed E-state index contributed by atoms with van der Waals surface area (Å²) in [6.45, 7) is 0. The maximum absolute atomic E-state index is 0. The van der Waals surface area contributed by atoms with Gasteiger partial charge in [-0.15, -0.1) is 0 Å². The van der Waals surface area contributed by atoms with Gasteiger partial charge in [-0.05, 0) is 0 Å². The second kappa shape index (κ2) is 25.1. The maximum Gasteiger partial charge on any atom is 0 e. The number of hydrogen-bond donors (Lipinski definition) is 0. The molecule has 9 radical (unpaired) electrons. The van der Waals surface area contributed by atoms with Crippen molar-refractivity contribution in [3.63, 3.8) is 0 Å². The van der Waals surface area contributed by atoms with Crippen molar-refractivity contribution < 1.29 is 17.1 Å². The summed E-state index contributed by atoms with van der Waals surface area (Å²) < 4.78 is 0. The van der Waals surface area contributed by atoms with Crippen molar-refractivity contribution in [3.05, 3.63) is 0 Å². The summed E-state index contributed by atoms with van der Waals surface area (Å²) in [6.07, 6.45) is 0. The average molecular weight is 433 g/mol. The van der Waals surface area contributed by atoms with Crippen LogP contribution in [0.5, 0.6) is 0 Å². The van der Waals surface area contributed by atoms with Crippen LogP contribution in [0, 0.1) is 0 Å². The first kappa shape index (κ1) is 37.3. The topological polar surface area (TPSA) is 0 Å². The third-order valence-corrected chi connectivity index (χ3v) is 0. The SMILES string of the molecule is S.[Ba].[Cu].[Se].[Sn]. The van der Waals surface area contributed by atoms with Crippen molar-refractivity contribution in [2.45, 2.75) is 0 Å². The fourth-order valence-electron chi connectivity index (χ4n) is 0. The molecule has 0 aromatic heterocycles. The monoisotopic (exact) mass is 435 g/mol.